The van der Waals surface area contributed by atoms with E-state index in [1.807, 2.05) is 7.05 Å². The van der Waals surface area contributed by atoms with Crippen molar-refractivity contribution < 1.29 is 4.74 Å². The van der Waals surface area contributed by atoms with Gasteiger partial charge in [-0.2, -0.15) is 0 Å². The number of aryl methyl sites for hydroxylation is 2. The summed E-state index contributed by atoms with van der Waals surface area (Å²) in [5, 5.41) is 3.17. The van der Waals surface area contributed by atoms with E-state index in [1.165, 1.54) is 11.1 Å². The molecule has 1 aromatic carbocycles. The number of nitrogens with zero attached hydrogens (tertiary/aromatic N) is 2. The fraction of sp³-hybridized carbons (Fsp3) is 0.375. The Kier molecular flexibility index (Phi) is 3.95. The number of ether oxygens (including phenoxy) is 1. The van der Waals surface area contributed by atoms with E-state index < -0.39 is 0 Å². The van der Waals surface area contributed by atoms with Gasteiger partial charge in [0.05, 0.1) is 18.9 Å². The first-order valence-corrected chi connectivity index (χ1v) is 7.82. The van der Waals surface area contributed by atoms with Gasteiger partial charge in [0.1, 0.15) is 5.82 Å². The van der Waals surface area contributed by atoms with Crippen molar-refractivity contribution in [3.05, 3.63) is 39.0 Å². The minimum absolute atomic E-state index is 0.587. The summed E-state index contributed by atoms with van der Waals surface area (Å²) in [5.74, 6) is 1.65. The van der Waals surface area contributed by atoms with Gasteiger partial charge in [-0.05, 0) is 37.1 Å². The van der Waals surface area contributed by atoms with Gasteiger partial charge in [0.25, 0.3) is 0 Å². The number of hydrogen-bond acceptors (Lipinski definition) is 4. The molecule has 21 heavy (non-hydrogen) atoms. The van der Waals surface area contributed by atoms with Crippen molar-refractivity contribution in [2.24, 2.45) is 0 Å². The van der Waals surface area contributed by atoms with Gasteiger partial charge in [0, 0.05) is 29.1 Å². The van der Waals surface area contributed by atoms with Crippen LogP contribution in [0.15, 0.2) is 16.6 Å². The van der Waals surface area contributed by atoms with Crippen LogP contribution in [0.2, 0.25) is 0 Å². The number of anilines is 1. The Morgan fingerprint density at radius 2 is 1.90 bits per heavy atom. The summed E-state index contributed by atoms with van der Waals surface area (Å²) in [7, 11) is 1.89. The van der Waals surface area contributed by atoms with E-state index >= 15 is 0 Å². The van der Waals surface area contributed by atoms with Gasteiger partial charge >= 0.3 is 0 Å². The van der Waals surface area contributed by atoms with E-state index in [0.717, 1.165) is 46.0 Å². The highest BCUT2D eigenvalue weighted by Crippen LogP contribution is 2.30. The molecule has 0 atom stereocenters. The molecule has 0 spiro atoms. The molecule has 3 rings (SSSR count). The molecule has 0 radical (unpaired) electrons. The predicted molar refractivity (Wildman–Crippen MR) is 87.5 cm³/mol. The largest absolute Gasteiger partial charge is 0.376 e. The number of hydrogen-bond donors (Lipinski definition) is 1. The Labute approximate surface area is 133 Å². The van der Waals surface area contributed by atoms with Crippen molar-refractivity contribution in [2.45, 2.75) is 26.9 Å². The Morgan fingerprint density at radius 3 is 2.57 bits per heavy atom. The van der Waals surface area contributed by atoms with E-state index in [2.05, 4.69) is 52.2 Å². The molecule has 0 saturated carbocycles. The fourth-order valence-electron chi connectivity index (χ4n) is 2.64. The summed E-state index contributed by atoms with van der Waals surface area (Å²) in [6, 6.07) is 4.25. The zero-order valence-electron chi connectivity index (χ0n) is 12.5. The van der Waals surface area contributed by atoms with Gasteiger partial charge in [0.2, 0.25) is 0 Å². The van der Waals surface area contributed by atoms with Gasteiger partial charge in [-0.1, -0.05) is 15.9 Å². The quantitative estimate of drug-likeness (QED) is 0.900. The Morgan fingerprint density at radius 1 is 1.19 bits per heavy atom. The molecule has 4 nitrogen and oxygen atoms in total. The van der Waals surface area contributed by atoms with Crippen molar-refractivity contribution in [1.29, 1.82) is 0 Å². The van der Waals surface area contributed by atoms with Crippen molar-refractivity contribution in [1.82, 2.24) is 9.97 Å². The van der Waals surface area contributed by atoms with Crippen LogP contribution >= 0.6 is 15.9 Å². The highest BCUT2D eigenvalue weighted by molar-refractivity contribution is 9.10. The molecule has 0 amide bonds. The third-order valence-corrected chi connectivity index (χ3v) is 5.00. The van der Waals surface area contributed by atoms with Crippen molar-refractivity contribution in [3.63, 3.8) is 0 Å². The highest BCUT2D eigenvalue weighted by atomic mass is 79.9. The Bertz CT molecular complexity index is 660. The molecule has 0 fully saturated rings. The first-order valence-electron chi connectivity index (χ1n) is 7.02. The Hall–Kier alpha value is -1.46. The molecule has 0 bridgehead atoms. The van der Waals surface area contributed by atoms with Crippen molar-refractivity contribution in [2.75, 3.05) is 19.0 Å². The van der Waals surface area contributed by atoms with Gasteiger partial charge in [-0.15, -0.1) is 0 Å². The third kappa shape index (κ3) is 2.68. The summed E-state index contributed by atoms with van der Waals surface area (Å²) in [4.78, 5) is 9.43. The molecular formula is C16H18BrN3O. The van der Waals surface area contributed by atoms with Crippen LogP contribution in [0.25, 0.3) is 11.4 Å². The lowest BCUT2D eigenvalue weighted by molar-refractivity contribution is 0.109. The van der Waals surface area contributed by atoms with Crippen molar-refractivity contribution in [3.8, 4) is 11.4 Å². The average molecular weight is 348 g/mol. The second-order valence-corrected chi connectivity index (χ2v) is 6.09. The second-order valence-electron chi connectivity index (χ2n) is 5.30. The van der Waals surface area contributed by atoms with Crippen LogP contribution < -0.4 is 5.32 Å². The summed E-state index contributed by atoms with van der Waals surface area (Å²) in [6.07, 6.45) is 0.841. The molecule has 110 valence electrons. The van der Waals surface area contributed by atoms with Gasteiger partial charge in [0.15, 0.2) is 5.82 Å². The maximum atomic E-state index is 5.51. The zero-order chi connectivity index (χ0) is 15.0. The average Bonchev–Trinajstić information content (AvgIpc) is 2.51. The minimum atomic E-state index is 0.587. The number of benzene rings is 1. The summed E-state index contributed by atoms with van der Waals surface area (Å²) >= 11 is 3.60. The molecule has 0 saturated heterocycles. The number of fused-ring (bicyclic) bond motifs is 1. The molecular weight excluding hydrogens is 330 g/mol. The van der Waals surface area contributed by atoms with E-state index in [1.54, 1.807) is 0 Å². The summed E-state index contributed by atoms with van der Waals surface area (Å²) < 4.78 is 6.66. The number of rotatable bonds is 2. The van der Waals surface area contributed by atoms with E-state index in [-0.39, 0.29) is 0 Å². The molecule has 1 aliphatic heterocycles. The first kappa shape index (κ1) is 14.5. The molecule has 1 N–H and O–H groups in total. The van der Waals surface area contributed by atoms with Crippen LogP contribution in [-0.4, -0.2) is 23.6 Å². The summed E-state index contributed by atoms with van der Waals surface area (Å²) in [6.45, 7) is 5.49. The summed E-state index contributed by atoms with van der Waals surface area (Å²) in [5.41, 5.74) is 5.62. The van der Waals surface area contributed by atoms with Crippen LogP contribution in [-0.2, 0) is 17.8 Å². The van der Waals surface area contributed by atoms with Crippen LogP contribution in [0.5, 0.6) is 0 Å². The number of halogens is 1. The molecule has 0 aliphatic carbocycles. The maximum Gasteiger partial charge on any atom is 0.161 e. The van der Waals surface area contributed by atoms with E-state index in [0.29, 0.717) is 6.61 Å². The lowest BCUT2D eigenvalue weighted by Crippen LogP contribution is -2.16. The number of nitrogens with one attached hydrogen (secondary N) is 1. The standard InChI is InChI=1S/C16H18BrN3O/c1-9-6-11(7-10(2)14(9)17)15-19-13-4-5-21-8-12(13)16(18-3)20-15/h6-7H,4-5,8H2,1-3H3,(H,18,19,20). The van der Waals surface area contributed by atoms with E-state index in [9.17, 15) is 0 Å². The maximum absolute atomic E-state index is 5.51. The molecule has 1 aliphatic rings. The van der Waals surface area contributed by atoms with Crippen molar-refractivity contribution >= 4 is 21.7 Å². The van der Waals surface area contributed by atoms with Gasteiger partial charge in [-0.3, -0.25) is 0 Å². The van der Waals surface area contributed by atoms with E-state index in [4.69, 9.17) is 9.72 Å². The number of aromatic nitrogens is 2. The SMILES string of the molecule is CNc1nc(-c2cc(C)c(Br)c(C)c2)nc2c1COCC2. The zero-order valence-corrected chi connectivity index (χ0v) is 14.0. The van der Waals surface area contributed by atoms with Crippen LogP contribution in [0.1, 0.15) is 22.4 Å². The fourth-order valence-corrected chi connectivity index (χ4v) is 2.87. The smallest absolute Gasteiger partial charge is 0.161 e. The van der Waals surface area contributed by atoms with Gasteiger partial charge < -0.3 is 10.1 Å². The third-order valence-electron chi connectivity index (χ3n) is 3.75. The Balaban J connectivity index is 2.15. The molecule has 5 heteroatoms. The second kappa shape index (κ2) is 5.73. The molecule has 1 aromatic heterocycles. The molecule has 2 aromatic rings. The monoisotopic (exact) mass is 347 g/mol. The topological polar surface area (TPSA) is 47.0 Å². The molecule has 0 unspecified atom stereocenters. The van der Waals surface area contributed by atoms with Crippen LogP contribution in [0.4, 0.5) is 5.82 Å². The predicted octanol–water partition coefficient (Wildman–Crippen LogP) is 3.64. The minimum Gasteiger partial charge on any atom is -0.376 e. The normalized spacial score (nSPS) is 13.9. The molecule has 2 heterocycles. The highest BCUT2D eigenvalue weighted by Gasteiger charge is 2.18. The van der Waals surface area contributed by atoms with Crippen LogP contribution in [0.3, 0.4) is 0 Å². The first-order chi connectivity index (χ1) is 10.1. The van der Waals surface area contributed by atoms with Gasteiger partial charge in [-0.25, -0.2) is 9.97 Å². The van der Waals surface area contributed by atoms with Crippen LogP contribution in [0, 0.1) is 13.8 Å². The lowest BCUT2D eigenvalue weighted by atomic mass is 10.1. The lowest BCUT2D eigenvalue weighted by Gasteiger charge is -2.19.